The van der Waals surface area contributed by atoms with Crippen molar-refractivity contribution in [2.24, 2.45) is 0 Å². The molecule has 0 bridgehead atoms. The lowest BCUT2D eigenvalue weighted by Gasteiger charge is -2.08. The van der Waals surface area contributed by atoms with Crippen LogP contribution < -0.4 is 5.32 Å². The monoisotopic (exact) mass is 280 g/mol. The highest BCUT2D eigenvalue weighted by Gasteiger charge is 2.04. The van der Waals surface area contributed by atoms with E-state index in [1.807, 2.05) is 12.1 Å². The third kappa shape index (κ3) is 3.77. The molecule has 104 valence electrons. The van der Waals surface area contributed by atoms with Crippen LogP contribution in [0.2, 0.25) is 0 Å². The third-order valence-corrected chi connectivity index (χ3v) is 2.95. The van der Waals surface area contributed by atoms with Crippen LogP contribution in [0, 0.1) is 17.1 Å². The minimum Gasteiger partial charge on any atom is -0.325 e. The van der Waals surface area contributed by atoms with Gasteiger partial charge >= 0.3 is 0 Å². The number of halogens is 1. The summed E-state index contributed by atoms with van der Waals surface area (Å²) in [6.45, 7) is 3.99. The van der Waals surface area contributed by atoms with Crippen LogP contribution >= 0.6 is 0 Å². The summed E-state index contributed by atoms with van der Waals surface area (Å²) < 4.78 is 12.9. The van der Waals surface area contributed by atoms with Gasteiger partial charge in [0.15, 0.2) is 0 Å². The standard InChI is InChI=1S/C17H13FN2O/c1-12(13-2-6-15(18)7-3-13)14-4-8-16(9-5-14)20-17(21)10-11-19/h2-9H,1,10H2,(H,20,21). The van der Waals surface area contributed by atoms with E-state index in [-0.39, 0.29) is 18.1 Å². The molecule has 0 aliphatic carbocycles. The van der Waals surface area contributed by atoms with Gasteiger partial charge in [-0.3, -0.25) is 4.79 Å². The highest BCUT2D eigenvalue weighted by atomic mass is 19.1. The minimum absolute atomic E-state index is 0.177. The summed E-state index contributed by atoms with van der Waals surface area (Å²) in [6, 6.07) is 15.0. The van der Waals surface area contributed by atoms with Crippen LogP contribution in [-0.4, -0.2) is 5.91 Å². The molecule has 2 aromatic rings. The summed E-state index contributed by atoms with van der Waals surface area (Å²) in [5.41, 5.74) is 3.09. The predicted octanol–water partition coefficient (Wildman–Crippen LogP) is 3.74. The van der Waals surface area contributed by atoms with Crippen LogP contribution in [0.5, 0.6) is 0 Å². The first-order valence-corrected chi connectivity index (χ1v) is 6.32. The van der Waals surface area contributed by atoms with E-state index in [0.717, 1.165) is 16.7 Å². The van der Waals surface area contributed by atoms with Crippen LogP contribution in [0.15, 0.2) is 55.1 Å². The van der Waals surface area contributed by atoms with Gasteiger partial charge in [0.05, 0.1) is 6.07 Å². The average Bonchev–Trinajstić information content (AvgIpc) is 2.48. The van der Waals surface area contributed by atoms with E-state index in [9.17, 15) is 9.18 Å². The van der Waals surface area contributed by atoms with E-state index in [4.69, 9.17) is 5.26 Å². The van der Waals surface area contributed by atoms with Crippen LogP contribution in [-0.2, 0) is 4.79 Å². The van der Waals surface area contributed by atoms with Crippen molar-refractivity contribution in [3.05, 3.63) is 72.1 Å². The summed E-state index contributed by atoms with van der Waals surface area (Å²) >= 11 is 0. The van der Waals surface area contributed by atoms with Crippen LogP contribution in [0.1, 0.15) is 17.5 Å². The maximum atomic E-state index is 12.9. The Morgan fingerprint density at radius 1 is 1.10 bits per heavy atom. The zero-order valence-electron chi connectivity index (χ0n) is 11.3. The Morgan fingerprint density at radius 3 is 2.14 bits per heavy atom. The van der Waals surface area contributed by atoms with Gasteiger partial charge in [0.2, 0.25) is 5.91 Å². The highest BCUT2D eigenvalue weighted by molar-refractivity contribution is 5.92. The van der Waals surface area contributed by atoms with E-state index < -0.39 is 0 Å². The summed E-state index contributed by atoms with van der Waals surface area (Å²) in [5.74, 6) is -0.635. The first kappa shape index (κ1) is 14.5. The number of hydrogen-bond acceptors (Lipinski definition) is 2. The Hall–Kier alpha value is -2.93. The first-order valence-electron chi connectivity index (χ1n) is 6.32. The molecule has 1 N–H and O–H groups in total. The lowest BCUT2D eigenvalue weighted by atomic mass is 9.99. The quantitative estimate of drug-likeness (QED) is 0.927. The van der Waals surface area contributed by atoms with E-state index in [2.05, 4.69) is 11.9 Å². The Kier molecular flexibility index (Phi) is 4.47. The van der Waals surface area contributed by atoms with Crippen LogP contribution in [0.3, 0.4) is 0 Å². The fourth-order valence-corrected chi connectivity index (χ4v) is 1.85. The molecule has 0 atom stereocenters. The Morgan fingerprint density at radius 2 is 1.62 bits per heavy atom. The molecule has 0 saturated heterocycles. The largest absolute Gasteiger partial charge is 0.325 e. The molecule has 0 fully saturated rings. The van der Waals surface area contributed by atoms with Gasteiger partial charge < -0.3 is 5.32 Å². The van der Waals surface area contributed by atoms with E-state index in [0.29, 0.717) is 5.69 Å². The van der Waals surface area contributed by atoms with Crippen LogP contribution in [0.25, 0.3) is 5.57 Å². The summed E-state index contributed by atoms with van der Waals surface area (Å²) in [6.07, 6.45) is -0.177. The van der Waals surface area contributed by atoms with Crippen molar-refractivity contribution in [2.75, 3.05) is 5.32 Å². The molecule has 0 aromatic heterocycles. The number of carbonyl (C=O) groups is 1. The van der Waals surface area contributed by atoms with Crippen molar-refractivity contribution >= 4 is 17.2 Å². The van der Waals surface area contributed by atoms with Crippen molar-refractivity contribution in [1.29, 1.82) is 5.26 Å². The van der Waals surface area contributed by atoms with Gasteiger partial charge in [-0.25, -0.2) is 4.39 Å². The number of anilines is 1. The normalized spacial score (nSPS) is 9.71. The molecule has 0 aliphatic heterocycles. The average molecular weight is 280 g/mol. The fraction of sp³-hybridized carbons (Fsp3) is 0.0588. The second kappa shape index (κ2) is 6.49. The first-order chi connectivity index (χ1) is 10.1. The lowest BCUT2D eigenvalue weighted by molar-refractivity contribution is -0.115. The number of carbonyl (C=O) groups excluding carboxylic acids is 1. The Labute approximate surface area is 122 Å². The molecule has 21 heavy (non-hydrogen) atoms. The van der Waals surface area contributed by atoms with E-state index >= 15 is 0 Å². The molecule has 4 heteroatoms. The maximum Gasteiger partial charge on any atom is 0.238 e. The lowest BCUT2D eigenvalue weighted by Crippen LogP contribution is -2.09. The van der Waals surface area contributed by atoms with Gasteiger partial charge in [0.25, 0.3) is 0 Å². The molecular weight excluding hydrogens is 267 g/mol. The van der Waals surface area contributed by atoms with Gasteiger partial charge in [0, 0.05) is 5.69 Å². The molecule has 0 radical (unpaired) electrons. The van der Waals surface area contributed by atoms with E-state index in [1.165, 1.54) is 12.1 Å². The number of amides is 1. The SMILES string of the molecule is C=C(c1ccc(F)cc1)c1ccc(NC(=O)CC#N)cc1. The summed E-state index contributed by atoms with van der Waals surface area (Å²) in [7, 11) is 0. The number of benzene rings is 2. The van der Waals surface area contributed by atoms with Crippen molar-refractivity contribution < 1.29 is 9.18 Å². The topological polar surface area (TPSA) is 52.9 Å². The molecule has 0 saturated carbocycles. The van der Waals surface area contributed by atoms with Crippen molar-refractivity contribution in [3.8, 4) is 6.07 Å². The number of nitrogens with one attached hydrogen (secondary N) is 1. The van der Waals surface area contributed by atoms with Gasteiger partial charge in [-0.05, 0) is 41.0 Å². The number of hydrogen-bond donors (Lipinski definition) is 1. The third-order valence-electron chi connectivity index (χ3n) is 2.95. The second-order valence-corrected chi connectivity index (χ2v) is 4.45. The number of nitrogens with zero attached hydrogens (tertiary/aromatic N) is 1. The smallest absolute Gasteiger partial charge is 0.238 e. The molecule has 2 aromatic carbocycles. The molecule has 0 aliphatic rings. The predicted molar refractivity (Wildman–Crippen MR) is 79.8 cm³/mol. The molecule has 0 unspecified atom stereocenters. The zero-order chi connectivity index (χ0) is 15.2. The fourth-order valence-electron chi connectivity index (χ4n) is 1.85. The molecular formula is C17H13FN2O. The Bertz CT molecular complexity index is 697. The second-order valence-electron chi connectivity index (χ2n) is 4.45. The maximum absolute atomic E-state index is 12.9. The molecule has 3 nitrogen and oxygen atoms in total. The molecule has 0 heterocycles. The van der Waals surface area contributed by atoms with E-state index in [1.54, 1.807) is 30.3 Å². The number of rotatable bonds is 4. The molecule has 0 spiro atoms. The van der Waals surface area contributed by atoms with Crippen molar-refractivity contribution in [3.63, 3.8) is 0 Å². The summed E-state index contributed by atoms with van der Waals surface area (Å²) in [4.78, 5) is 11.3. The van der Waals surface area contributed by atoms with Crippen molar-refractivity contribution in [1.82, 2.24) is 0 Å². The van der Waals surface area contributed by atoms with Gasteiger partial charge in [0.1, 0.15) is 12.2 Å². The highest BCUT2D eigenvalue weighted by Crippen LogP contribution is 2.23. The minimum atomic E-state index is -0.345. The molecule has 1 amide bonds. The van der Waals surface area contributed by atoms with Gasteiger partial charge in [-0.1, -0.05) is 30.8 Å². The van der Waals surface area contributed by atoms with Crippen molar-refractivity contribution in [2.45, 2.75) is 6.42 Å². The Balaban J connectivity index is 2.11. The van der Waals surface area contributed by atoms with Crippen LogP contribution in [0.4, 0.5) is 10.1 Å². The van der Waals surface area contributed by atoms with Gasteiger partial charge in [-0.2, -0.15) is 5.26 Å². The van der Waals surface area contributed by atoms with Gasteiger partial charge in [-0.15, -0.1) is 0 Å². The summed E-state index contributed by atoms with van der Waals surface area (Å²) in [5, 5.41) is 11.0. The number of nitriles is 1. The zero-order valence-corrected chi connectivity index (χ0v) is 11.3. The molecule has 2 rings (SSSR count).